The summed E-state index contributed by atoms with van der Waals surface area (Å²) in [6, 6.07) is 5.68. The summed E-state index contributed by atoms with van der Waals surface area (Å²) < 4.78 is 5.18. The standard InChI is InChI=1S/C12H15ClN2O/c1-3-8(7-16-2)12-14-10-5-4-9(13)6-11(10)15-12/h4-6,8H,3,7H2,1-2H3,(H,14,15). The Morgan fingerprint density at radius 3 is 3.00 bits per heavy atom. The molecule has 0 aliphatic carbocycles. The minimum Gasteiger partial charge on any atom is -0.384 e. The van der Waals surface area contributed by atoms with Crippen molar-refractivity contribution in [1.82, 2.24) is 9.97 Å². The van der Waals surface area contributed by atoms with Crippen LogP contribution in [0.1, 0.15) is 25.1 Å². The molecule has 1 aromatic carbocycles. The smallest absolute Gasteiger partial charge is 0.112 e. The second kappa shape index (κ2) is 4.85. The van der Waals surface area contributed by atoms with E-state index in [9.17, 15) is 0 Å². The lowest BCUT2D eigenvalue weighted by atomic mass is 10.1. The van der Waals surface area contributed by atoms with Crippen molar-refractivity contribution in [3.8, 4) is 0 Å². The Morgan fingerprint density at radius 1 is 1.50 bits per heavy atom. The van der Waals surface area contributed by atoms with Crippen molar-refractivity contribution in [1.29, 1.82) is 0 Å². The zero-order chi connectivity index (χ0) is 11.5. The predicted octanol–water partition coefficient (Wildman–Crippen LogP) is 3.36. The van der Waals surface area contributed by atoms with E-state index in [2.05, 4.69) is 16.9 Å². The molecule has 16 heavy (non-hydrogen) atoms. The number of ether oxygens (including phenoxy) is 1. The number of aromatic nitrogens is 2. The monoisotopic (exact) mass is 238 g/mol. The lowest BCUT2D eigenvalue weighted by Gasteiger charge is -2.09. The first-order chi connectivity index (χ1) is 7.74. The Labute approximate surface area is 99.8 Å². The molecule has 4 heteroatoms. The van der Waals surface area contributed by atoms with E-state index in [0.717, 1.165) is 28.3 Å². The van der Waals surface area contributed by atoms with Crippen LogP contribution in [0.2, 0.25) is 5.02 Å². The van der Waals surface area contributed by atoms with Gasteiger partial charge in [0.2, 0.25) is 0 Å². The first-order valence-electron chi connectivity index (χ1n) is 5.38. The van der Waals surface area contributed by atoms with E-state index < -0.39 is 0 Å². The summed E-state index contributed by atoms with van der Waals surface area (Å²) in [4.78, 5) is 7.85. The van der Waals surface area contributed by atoms with Gasteiger partial charge in [0.1, 0.15) is 5.82 Å². The van der Waals surface area contributed by atoms with Gasteiger partial charge in [-0.3, -0.25) is 0 Å². The molecule has 1 heterocycles. The zero-order valence-corrected chi connectivity index (χ0v) is 10.2. The molecule has 1 atom stereocenters. The van der Waals surface area contributed by atoms with Crippen LogP contribution in [0.25, 0.3) is 11.0 Å². The lowest BCUT2D eigenvalue weighted by Crippen LogP contribution is -2.06. The molecule has 2 rings (SSSR count). The maximum absolute atomic E-state index is 5.93. The molecule has 0 saturated carbocycles. The number of halogens is 1. The molecule has 0 aliphatic heterocycles. The Hall–Kier alpha value is -1.06. The van der Waals surface area contributed by atoms with Gasteiger partial charge in [-0.1, -0.05) is 18.5 Å². The average molecular weight is 239 g/mol. The van der Waals surface area contributed by atoms with E-state index >= 15 is 0 Å². The van der Waals surface area contributed by atoms with E-state index in [-0.39, 0.29) is 0 Å². The molecular formula is C12H15ClN2O. The Balaban J connectivity index is 2.37. The molecule has 1 aromatic heterocycles. The summed E-state index contributed by atoms with van der Waals surface area (Å²) in [6.45, 7) is 2.81. The van der Waals surface area contributed by atoms with Crippen LogP contribution in [-0.2, 0) is 4.74 Å². The molecule has 3 nitrogen and oxygen atoms in total. The number of hydrogen-bond donors (Lipinski definition) is 1. The minimum absolute atomic E-state index is 0.316. The van der Waals surface area contributed by atoms with Crippen LogP contribution in [0, 0.1) is 0 Å². The van der Waals surface area contributed by atoms with Crippen LogP contribution in [0.4, 0.5) is 0 Å². The summed E-state index contributed by atoms with van der Waals surface area (Å²) in [5.41, 5.74) is 1.94. The largest absolute Gasteiger partial charge is 0.384 e. The molecule has 0 aliphatic rings. The fraction of sp³-hybridized carbons (Fsp3) is 0.417. The van der Waals surface area contributed by atoms with E-state index in [0.29, 0.717) is 12.5 Å². The van der Waals surface area contributed by atoms with Gasteiger partial charge in [-0.25, -0.2) is 4.98 Å². The van der Waals surface area contributed by atoms with Crippen LogP contribution in [0.15, 0.2) is 18.2 Å². The van der Waals surface area contributed by atoms with Gasteiger partial charge < -0.3 is 9.72 Å². The normalized spacial score (nSPS) is 13.2. The number of rotatable bonds is 4. The van der Waals surface area contributed by atoms with Crippen molar-refractivity contribution >= 4 is 22.6 Å². The van der Waals surface area contributed by atoms with Crippen molar-refractivity contribution in [3.05, 3.63) is 29.0 Å². The van der Waals surface area contributed by atoms with Crippen LogP contribution in [0.3, 0.4) is 0 Å². The van der Waals surface area contributed by atoms with E-state index in [1.807, 2.05) is 18.2 Å². The number of benzene rings is 1. The highest BCUT2D eigenvalue weighted by Gasteiger charge is 2.13. The number of aromatic amines is 1. The van der Waals surface area contributed by atoms with Crippen LogP contribution < -0.4 is 0 Å². The van der Waals surface area contributed by atoms with Crippen LogP contribution in [0.5, 0.6) is 0 Å². The van der Waals surface area contributed by atoms with Gasteiger partial charge in [0.15, 0.2) is 0 Å². The average Bonchev–Trinajstić information content (AvgIpc) is 2.68. The van der Waals surface area contributed by atoms with Crippen molar-refractivity contribution in [3.63, 3.8) is 0 Å². The van der Waals surface area contributed by atoms with Gasteiger partial charge in [-0.2, -0.15) is 0 Å². The SMILES string of the molecule is CCC(COC)c1nc2ccc(Cl)cc2[nH]1. The van der Waals surface area contributed by atoms with E-state index in [4.69, 9.17) is 16.3 Å². The van der Waals surface area contributed by atoms with Gasteiger partial charge in [0.25, 0.3) is 0 Å². The number of imidazole rings is 1. The van der Waals surface area contributed by atoms with Crippen molar-refractivity contribution in [2.24, 2.45) is 0 Å². The Morgan fingerprint density at radius 2 is 2.31 bits per heavy atom. The highest BCUT2D eigenvalue weighted by molar-refractivity contribution is 6.31. The molecule has 2 aromatic rings. The summed E-state index contributed by atoms with van der Waals surface area (Å²) in [6.07, 6.45) is 1.00. The first kappa shape index (κ1) is 11.4. The van der Waals surface area contributed by atoms with Gasteiger partial charge in [-0.15, -0.1) is 0 Å². The van der Waals surface area contributed by atoms with Crippen molar-refractivity contribution < 1.29 is 4.74 Å². The zero-order valence-electron chi connectivity index (χ0n) is 9.46. The molecule has 0 saturated heterocycles. The molecule has 86 valence electrons. The number of nitrogens with one attached hydrogen (secondary N) is 1. The van der Waals surface area contributed by atoms with Gasteiger partial charge in [-0.05, 0) is 24.6 Å². The van der Waals surface area contributed by atoms with Crippen molar-refractivity contribution in [2.45, 2.75) is 19.3 Å². The van der Waals surface area contributed by atoms with E-state index in [1.54, 1.807) is 7.11 Å². The summed E-state index contributed by atoms with van der Waals surface area (Å²) in [5, 5.41) is 0.725. The second-order valence-corrected chi connectivity index (χ2v) is 4.28. The maximum Gasteiger partial charge on any atom is 0.112 e. The predicted molar refractivity (Wildman–Crippen MR) is 66.0 cm³/mol. The van der Waals surface area contributed by atoms with Gasteiger partial charge in [0.05, 0.1) is 17.6 Å². The summed E-state index contributed by atoms with van der Waals surface area (Å²) in [5.74, 6) is 1.29. The molecular weight excluding hydrogens is 224 g/mol. The topological polar surface area (TPSA) is 37.9 Å². The molecule has 1 N–H and O–H groups in total. The fourth-order valence-electron chi connectivity index (χ4n) is 1.79. The third-order valence-electron chi connectivity index (χ3n) is 2.71. The molecule has 0 bridgehead atoms. The number of nitrogens with zero attached hydrogens (tertiary/aromatic N) is 1. The number of fused-ring (bicyclic) bond motifs is 1. The minimum atomic E-state index is 0.316. The highest BCUT2D eigenvalue weighted by atomic mass is 35.5. The summed E-state index contributed by atoms with van der Waals surface area (Å²) >= 11 is 5.93. The van der Waals surface area contributed by atoms with Crippen molar-refractivity contribution in [2.75, 3.05) is 13.7 Å². The Kier molecular flexibility index (Phi) is 3.46. The second-order valence-electron chi connectivity index (χ2n) is 3.84. The molecule has 0 radical (unpaired) electrons. The third kappa shape index (κ3) is 2.20. The molecule has 0 fully saturated rings. The Bertz CT molecular complexity index is 481. The van der Waals surface area contributed by atoms with Crippen LogP contribution >= 0.6 is 11.6 Å². The number of hydrogen-bond acceptors (Lipinski definition) is 2. The quantitative estimate of drug-likeness (QED) is 0.887. The molecule has 1 unspecified atom stereocenters. The third-order valence-corrected chi connectivity index (χ3v) is 2.94. The number of H-pyrrole nitrogens is 1. The van der Waals surface area contributed by atoms with Crippen LogP contribution in [-0.4, -0.2) is 23.7 Å². The maximum atomic E-state index is 5.93. The molecule has 0 amide bonds. The van der Waals surface area contributed by atoms with Gasteiger partial charge in [0, 0.05) is 18.1 Å². The first-order valence-corrected chi connectivity index (χ1v) is 5.76. The number of methoxy groups -OCH3 is 1. The lowest BCUT2D eigenvalue weighted by molar-refractivity contribution is 0.175. The fourth-order valence-corrected chi connectivity index (χ4v) is 1.96. The summed E-state index contributed by atoms with van der Waals surface area (Å²) in [7, 11) is 1.71. The highest BCUT2D eigenvalue weighted by Crippen LogP contribution is 2.22. The van der Waals surface area contributed by atoms with Gasteiger partial charge >= 0.3 is 0 Å². The molecule has 0 spiro atoms. The van der Waals surface area contributed by atoms with E-state index in [1.165, 1.54) is 0 Å².